The Bertz CT molecular complexity index is 430. The SMILES string of the molecule is CN=C(NCCCOCC(C)C)NCc1ccccc1C. The van der Waals surface area contributed by atoms with Gasteiger partial charge in [-0.25, -0.2) is 0 Å². The first-order valence-electron chi connectivity index (χ1n) is 7.70. The Morgan fingerprint density at radius 2 is 2.00 bits per heavy atom. The van der Waals surface area contributed by atoms with Crippen molar-refractivity contribution in [1.82, 2.24) is 10.6 Å². The summed E-state index contributed by atoms with van der Waals surface area (Å²) in [5.41, 5.74) is 2.59. The minimum absolute atomic E-state index is 0.599. The molecule has 0 heterocycles. The average molecular weight is 291 g/mol. The normalized spacial score (nSPS) is 11.8. The second-order valence-electron chi connectivity index (χ2n) is 5.60. The number of nitrogens with one attached hydrogen (secondary N) is 2. The van der Waals surface area contributed by atoms with Crippen LogP contribution in [-0.2, 0) is 11.3 Å². The summed E-state index contributed by atoms with van der Waals surface area (Å²) in [4.78, 5) is 4.23. The minimum Gasteiger partial charge on any atom is -0.381 e. The van der Waals surface area contributed by atoms with E-state index in [0.29, 0.717) is 5.92 Å². The van der Waals surface area contributed by atoms with Crippen LogP contribution in [-0.4, -0.2) is 32.8 Å². The highest BCUT2D eigenvalue weighted by molar-refractivity contribution is 5.79. The van der Waals surface area contributed by atoms with Gasteiger partial charge in [-0.3, -0.25) is 4.99 Å². The van der Waals surface area contributed by atoms with E-state index in [4.69, 9.17) is 4.74 Å². The lowest BCUT2D eigenvalue weighted by molar-refractivity contribution is 0.108. The highest BCUT2D eigenvalue weighted by Gasteiger charge is 2.00. The lowest BCUT2D eigenvalue weighted by Crippen LogP contribution is -2.37. The molecule has 0 saturated heterocycles. The maximum absolute atomic E-state index is 5.56. The third-order valence-electron chi connectivity index (χ3n) is 3.14. The van der Waals surface area contributed by atoms with Gasteiger partial charge in [0.25, 0.3) is 0 Å². The van der Waals surface area contributed by atoms with Crippen LogP contribution in [0.1, 0.15) is 31.4 Å². The number of benzene rings is 1. The van der Waals surface area contributed by atoms with Crippen molar-refractivity contribution in [3.05, 3.63) is 35.4 Å². The number of aliphatic imine (C=N–C) groups is 1. The third-order valence-corrected chi connectivity index (χ3v) is 3.14. The van der Waals surface area contributed by atoms with Gasteiger partial charge in [-0.2, -0.15) is 0 Å². The Morgan fingerprint density at radius 1 is 1.24 bits per heavy atom. The highest BCUT2D eigenvalue weighted by Crippen LogP contribution is 2.05. The largest absolute Gasteiger partial charge is 0.381 e. The van der Waals surface area contributed by atoms with Crippen LogP contribution in [0.4, 0.5) is 0 Å². The number of nitrogens with zero attached hydrogens (tertiary/aromatic N) is 1. The molecule has 0 fully saturated rings. The Kier molecular flexibility index (Phi) is 8.51. The van der Waals surface area contributed by atoms with Crippen molar-refractivity contribution in [1.29, 1.82) is 0 Å². The van der Waals surface area contributed by atoms with E-state index in [0.717, 1.165) is 38.7 Å². The topological polar surface area (TPSA) is 45.7 Å². The maximum atomic E-state index is 5.56. The van der Waals surface area contributed by atoms with Crippen molar-refractivity contribution < 1.29 is 4.74 Å². The van der Waals surface area contributed by atoms with Gasteiger partial charge in [-0.05, 0) is 30.4 Å². The van der Waals surface area contributed by atoms with Crippen molar-refractivity contribution in [3.8, 4) is 0 Å². The predicted octanol–water partition coefficient (Wildman–Crippen LogP) is 2.72. The standard InChI is InChI=1S/C17H29N3O/c1-14(2)13-21-11-7-10-19-17(18-4)20-12-16-9-6-5-8-15(16)3/h5-6,8-9,14H,7,10-13H2,1-4H3,(H2,18,19,20). The maximum Gasteiger partial charge on any atom is 0.191 e. The Labute approximate surface area is 129 Å². The van der Waals surface area contributed by atoms with Crippen LogP contribution in [0.5, 0.6) is 0 Å². The van der Waals surface area contributed by atoms with E-state index in [1.807, 2.05) is 0 Å². The van der Waals surface area contributed by atoms with E-state index < -0.39 is 0 Å². The molecule has 1 aromatic carbocycles. The molecule has 4 nitrogen and oxygen atoms in total. The fourth-order valence-corrected chi connectivity index (χ4v) is 1.91. The molecule has 21 heavy (non-hydrogen) atoms. The molecule has 0 atom stereocenters. The van der Waals surface area contributed by atoms with Crippen LogP contribution in [0.15, 0.2) is 29.3 Å². The fraction of sp³-hybridized carbons (Fsp3) is 0.588. The number of hydrogen-bond acceptors (Lipinski definition) is 2. The van der Waals surface area contributed by atoms with E-state index in [1.54, 1.807) is 7.05 Å². The average Bonchev–Trinajstić information content (AvgIpc) is 2.47. The molecule has 0 aliphatic carbocycles. The van der Waals surface area contributed by atoms with Crippen LogP contribution >= 0.6 is 0 Å². The molecule has 0 radical (unpaired) electrons. The summed E-state index contributed by atoms with van der Waals surface area (Å²) in [7, 11) is 1.79. The van der Waals surface area contributed by atoms with Crippen LogP contribution in [0.2, 0.25) is 0 Å². The number of hydrogen-bond donors (Lipinski definition) is 2. The molecule has 118 valence electrons. The second-order valence-corrected chi connectivity index (χ2v) is 5.60. The zero-order valence-corrected chi connectivity index (χ0v) is 13.8. The molecule has 0 saturated carbocycles. The van der Waals surface area contributed by atoms with Crippen molar-refractivity contribution in [2.45, 2.75) is 33.7 Å². The van der Waals surface area contributed by atoms with E-state index in [2.05, 4.69) is 60.7 Å². The van der Waals surface area contributed by atoms with Crippen LogP contribution in [0.25, 0.3) is 0 Å². The number of rotatable bonds is 8. The molecule has 0 aliphatic heterocycles. The molecule has 0 bridgehead atoms. The Morgan fingerprint density at radius 3 is 2.67 bits per heavy atom. The van der Waals surface area contributed by atoms with Gasteiger partial charge in [0.05, 0.1) is 0 Å². The quantitative estimate of drug-likeness (QED) is 0.440. The number of guanidine groups is 1. The molecule has 4 heteroatoms. The summed E-state index contributed by atoms with van der Waals surface area (Å²) in [5, 5.41) is 6.64. The van der Waals surface area contributed by atoms with Gasteiger partial charge in [0, 0.05) is 33.4 Å². The number of ether oxygens (including phenoxy) is 1. The summed E-state index contributed by atoms with van der Waals surface area (Å²) < 4.78 is 5.56. The minimum atomic E-state index is 0.599. The van der Waals surface area contributed by atoms with Gasteiger partial charge in [-0.1, -0.05) is 38.1 Å². The summed E-state index contributed by atoms with van der Waals surface area (Å²) in [6, 6.07) is 8.38. The fourth-order valence-electron chi connectivity index (χ4n) is 1.91. The Balaban J connectivity index is 2.19. The van der Waals surface area contributed by atoms with Gasteiger partial charge in [0.2, 0.25) is 0 Å². The first-order valence-corrected chi connectivity index (χ1v) is 7.70. The van der Waals surface area contributed by atoms with Crippen LogP contribution < -0.4 is 10.6 Å². The van der Waals surface area contributed by atoms with E-state index in [-0.39, 0.29) is 0 Å². The molecular formula is C17H29N3O. The summed E-state index contributed by atoms with van der Waals surface area (Å²) in [6.45, 7) is 9.73. The van der Waals surface area contributed by atoms with Crippen molar-refractivity contribution in [2.75, 3.05) is 26.8 Å². The summed E-state index contributed by atoms with van der Waals surface area (Å²) >= 11 is 0. The highest BCUT2D eigenvalue weighted by atomic mass is 16.5. The summed E-state index contributed by atoms with van der Waals surface area (Å²) in [6.07, 6.45) is 0.984. The van der Waals surface area contributed by atoms with Gasteiger partial charge in [0.1, 0.15) is 0 Å². The van der Waals surface area contributed by atoms with Crippen molar-refractivity contribution in [2.24, 2.45) is 10.9 Å². The molecule has 1 rings (SSSR count). The monoisotopic (exact) mass is 291 g/mol. The van der Waals surface area contributed by atoms with Gasteiger partial charge in [-0.15, -0.1) is 0 Å². The van der Waals surface area contributed by atoms with Crippen molar-refractivity contribution >= 4 is 5.96 Å². The van der Waals surface area contributed by atoms with Gasteiger partial charge < -0.3 is 15.4 Å². The third kappa shape index (κ3) is 7.71. The molecule has 0 unspecified atom stereocenters. The molecule has 0 aliphatic rings. The van der Waals surface area contributed by atoms with Gasteiger partial charge in [0.15, 0.2) is 5.96 Å². The lowest BCUT2D eigenvalue weighted by atomic mass is 10.1. The predicted molar refractivity (Wildman–Crippen MR) is 89.7 cm³/mol. The number of aryl methyl sites for hydroxylation is 1. The molecule has 2 N–H and O–H groups in total. The molecule has 0 aromatic heterocycles. The zero-order chi connectivity index (χ0) is 15.5. The van der Waals surface area contributed by atoms with E-state index in [1.165, 1.54) is 11.1 Å². The zero-order valence-electron chi connectivity index (χ0n) is 13.8. The first kappa shape index (κ1) is 17.5. The van der Waals surface area contributed by atoms with Crippen LogP contribution in [0.3, 0.4) is 0 Å². The van der Waals surface area contributed by atoms with E-state index in [9.17, 15) is 0 Å². The molecule has 0 spiro atoms. The Hall–Kier alpha value is -1.55. The molecule has 1 aromatic rings. The summed E-state index contributed by atoms with van der Waals surface area (Å²) in [5.74, 6) is 1.43. The molecule has 0 amide bonds. The molecular weight excluding hydrogens is 262 g/mol. The first-order chi connectivity index (χ1) is 10.1. The van der Waals surface area contributed by atoms with E-state index >= 15 is 0 Å². The van der Waals surface area contributed by atoms with Crippen molar-refractivity contribution in [3.63, 3.8) is 0 Å². The van der Waals surface area contributed by atoms with Crippen LogP contribution in [0, 0.1) is 12.8 Å². The van der Waals surface area contributed by atoms with Gasteiger partial charge >= 0.3 is 0 Å². The smallest absolute Gasteiger partial charge is 0.191 e. The second kappa shape index (κ2) is 10.2. The lowest BCUT2D eigenvalue weighted by Gasteiger charge is -2.13.